The highest BCUT2D eigenvalue weighted by atomic mass is 16.1. The minimum atomic E-state index is 0.301. The SMILES string of the molecule is CCC/C(=C\CC/C=C/c1ccc(C2=CCC3=CN=CC=C(N4CC/C=C(\C(=O)C5CCC5)CCC4)C3=C2)cc1)CC. The first-order valence-corrected chi connectivity index (χ1v) is 16.4. The van der Waals surface area contributed by atoms with Crippen molar-refractivity contribution in [1.29, 1.82) is 0 Å². The third-order valence-electron chi connectivity index (χ3n) is 9.16. The second-order valence-electron chi connectivity index (χ2n) is 12.1. The topological polar surface area (TPSA) is 32.7 Å². The van der Waals surface area contributed by atoms with E-state index in [1.54, 1.807) is 5.57 Å². The van der Waals surface area contributed by atoms with Gasteiger partial charge in [0.15, 0.2) is 5.78 Å². The summed E-state index contributed by atoms with van der Waals surface area (Å²) in [6.45, 7) is 6.42. The highest BCUT2D eigenvalue weighted by Crippen LogP contribution is 2.36. The van der Waals surface area contributed by atoms with E-state index < -0.39 is 0 Å². The maximum Gasteiger partial charge on any atom is 0.161 e. The van der Waals surface area contributed by atoms with Crippen LogP contribution in [0.5, 0.6) is 0 Å². The van der Waals surface area contributed by atoms with Gasteiger partial charge >= 0.3 is 0 Å². The molecule has 0 amide bonds. The normalized spacial score (nSPS) is 21.1. The van der Waals surface area contributed by atoms with E-state index in [0.717, 1.165) is 70.0 Å². The van der Waals surface area contributed by atoms with Gasteiger partial charge in [0.1, 0.15) is 0 Å². The number of hydrogen-bond acceptors (Lipinski definition) is 3. The first-order chi connectivity index (χ1) is 20.7. The van der Waals surface area contributed by atoms with Gasteiger partial charge in [0, 0.05) is 42.7 Å². The summed E-state index contributed by atoms with van der Waals surface area (Å²) >= 11 is 0. The molecule has 3 heteroatoms. The van der Waals surface area contributed by atoms with Gasteiger partial charge in [-0.3, -0.25) is 9.79 Å². The van der Waals surface area contributed by atoms with Crippen LogP contribution in [0.3, 0.4) is 0 Å². The summed E-state index contributed by atoms with van der Waals surface area (Å²) in [5.41, 5.74) is 10.3. The second-order valence-corrected chi connectivity index (χ2v) is 12.1. The fraction of sp³-hybridized carbons (Fsp3) is 0.436. The van der Waals surface area contributed by atoms with Crippen LogP contribution in [0.2, 0.25) is 0 Å². The minimum Gasteiger partial charge on any atom is -0.371 e. The van der Waals surface area contributed by atoms with Crippen molar-refractivity contribution in [3.63, 3.8) is 0 Å². The van der Waals surface area contributed by atoms with Gasteiger partial charge in [-0.05, 0) is 104 Å². The lowest BCUT2D eigenvalue weighted by Gasteiger charge is -2.32. The predicted molar refractivity (Wildman–Crippen MR) is 179 cm³/mol. The molecule has 0 atom stereocenters. The molecule has 0 N–H and O–H groups in total. The highest BCUT2D eigenvalue weighted by Gasteiger charge is 2.28. The number of carbonyl (C=O) groups is 1. The summed E-state index contributed by atoms with van der Waals surface area (Å²) in [5.74, 6) is 0.729. The summed E-state index contributed by atoms with van der Waals surface area (Å²) in [4.78, 5) is 19.9. The number of aliphatic imine (C=N–C) groups is 1. The van der Waals surface area contributed by atoms with Crippen LogP contribution in [-0.2, 0) is 4.79 Å². The lowest BCUT2D eigenvalue weighted by Crippen LogP contribution is -2.30. The summed E-state index contributed by atoms with van der Waals surface area (Å²) in [6.07, 6.45) is 33.0. The zero-order chi connectivity index (χ0) is 29.1. The molecule has 1 aromatic carbocycles. The number of rotatable bonds is 11. The molecule has 1 fully saturated rings. The van der Waals surface area contributed by atoms with E-state index in [9.17, 15) is 4.79 Å². The van der Waals surface area contributed by atoms with Crippen molar-refractivity contribution < 1.29 is 4.79 Å². The first kappa shape index (κ1) is 30.0. The molecular weight excluding hydrogens is 512 g/mol. The monoisotopic (exact) mass is 560 g/mol. The number of nitrogens with zero attached hydrogens (tertiary/aromatic N) is 2. The third-order valence-corrected chi connectivity index (χ3v) is 9.16. The second kappa shape index (κ2) is 15.1. The van der Waals surface area contributed by atoms with Crippen molar-refractivity contribution in [1.82, 2.24) is 4.90 Å². The Morgan fingerprint density at radius 2 is 1.90 bits per heavy atom. The van der Waals surface area contributed by atoms with Crippen LogP contribution in [0.25, 0.3) is 11.6 Å². The van der Waals surface area contributed by atoms with Crippen LogP contribution in [0, 0.1) is 5.92 Å². The Labute approximate surface area is 253 Å². The summed E-state index contributed by atoms with van der Waals surface area (Å²) in [7, 11) is 0. The van der Waals surface area contributed by atoms with E-state index in [0.29, 0.717) is 11.7 Å². The molecule has 2 aliphatic carbocycles. The quantitative estimate of drug-likeness (QED) is 0.199. The third kappa shape index (κ3) is 7.68. The predicted octanol–water partition coefficient (Wildman–Crippen LogP) is 9.96. The maximum atomic E-state index is 12.8. The van der Waals surface area contributed by atoms with Gasteiger partial charge in [-0.2, -0.15) is 0 Å². The zero-order valence-corrected chi connectivity index (χ0v) is 25.8. The molecule has 0 radical (unpaired) electrons. The molecule has 4 aliphatic rings. The Morgan fingerprint density at radius 1 is 1.05 bits per heavy atom. The van der Waals surface area contributed by atoms with E-state index in [-0.39, 0.29) is 0 Å². The lowest BCUT2D eigenvalue weighted by atomic mass is 9.78. The Hall–Kier alpha value is -3.46. The Kier molecular flexibility index (Phi) is 10.8. The average molecular weight is 561 g/mol. The van der Waals surface area contributed by atoms with E-state index in [2.05, 4.69) is 90.5 Å². The summed E-state index contributed by atoms with van der Waals surface area (Å²) in [6, 6.07) is 8.99. The van der Waals surface area contributed by atoms with Crippen molar-refractivity contribution in [2.75, 3.05) is 13.1 Å². The van der Waals surface area contributed by atoms with Crippen LogP contribution in [0.15, 0.2) is 99.9 Å². The van der Waals surface area contributed by atoms with E-state index in [1.807, 2.05) is 12.4 Å². The number of ketones is 1. The van der Waals surface area contributed by atoms with Gasteiger partial charge in [0.25, 0.3) is 0 Å². The number of hydrogen-bond donors (Lipinski definition) is 0. The van der Waals surface area contributed by atoms with E-state index >= 15 is 0 Å². The minimum absolute atomic E-state index is 0.301. The molecule has 1 aromatic rings. The number of unbranched alkanes of at least 4 members (excludes halogenated alkanes) is 1. The zero-order valence-electron chi connectivity index (χ0n) is 25.8. The Morgan fingerprint density at radius 3 is 2.67 bits per heavy atom. The van der Waals surface area contributed by atoms with E-state index in [4.69, 9.17) is 0 Å². The van der Waals surface area contributed by atoms with Crippen molar-refractivity contribution in [2.45, 2.75) is 90.9 Å². The summed E-state index contributed by atoms with van der Waals surface area (Å²) < 4.78 is 0. The number of Topliss-reactive ketones (excluding diaryl/α,β-unsaturated/α-hetero) is 1. The molecule has 1 saturated carbocycles. The molecule has 0 aromatic heterocycles. The molecule has 0 unspecified atom stereocenters. The fourth-order valence-corrected chi connectivity index (χ4v) is 6.41. The largest absolute Gasteiger partial charge is 0.371 e. The molecule has 220 valence electrons. The number of allylic oxidation sites excluding steroid dienone is 9. The Balaban J connectivity index is 1.24. The maximum absolute atomic E-state index is 12.8. The van der Waals surface area contributed by atoms with Crippen LogP contribution >= 0.6 is 0 Å². The number of benzene rings is 1. The van der Waals surface area contributed by atoms with Gasteiger partial charge in [-0.1, -0.05) is 86.9 Å². The molecule has 42 heavy (non-hydrogen) atoms. The standard InChI is InChI=1S/C39H48N2O/c1-3-11-30(4-2)12-6-5-7-13-31-18-20-32(21-19-31)35-22-23-36-29-40-25-24-38(37(36)28-35)41-26-9-16-34(17-10-27-41)39(42)33-14-8-15-33/h7,12-13,16,18-22,24-25,28-29,33H,3-6,8-11,14-15,17,23,26-27H2,1-2H3/b13-7+,30-12-,34-16-. The number of carbonyl (C=O) groups excluding carboxylic acids is 1. The van der Waals surface area contributed by atoms with Gasteiger partial charge in [0.05, 0.1) is 0 Å². The van der Waals surface area contributed by atoms with Crippen LogP contribution in [0.4, 0.5) is 0 Å². The summed E-state index contributed by atoms with van der Waals surface area (Å²) in [5, 5.41) is 0. The molecule has 2 heterocycles. The Bertz CT molecular complexity index is 1360. The van der Waals surface area contributed by atoms with Crippen molar-refractivity contribution >= 4 is 23.6 Å². The average Bonchev–Trinajstić information content (AvgIpc) is 3.18. The van der Waals surface area contributed by atoms with Crippen LogP contribution < -0.4 is 0 Å². The molecule has 0 spiro atoms. The van der Waals surface area contributed by atoms with Crippen molar-refractivity contribution in [3.8, 4) is 0 Å². The molecule has 2 aliphatic heterocycles. The molecule has 0 bridgehead atoms. The fourth-order valence-electron chi connectivity index (χ4n) is 6.41. The lowest BCUT2D eigenvalue weighted by molar-refractivity contribution is -0.121. The molecule has 5 rings (SSSR count). The first-order valence-electron chi connectivity index (χ1n) is 16.4. The number of fused-ring (bicyclic) bond motifs is 1. The van der Waals surface area contributed by atoms with Crippen LogP contribution in [-0.4, -0.2) is 30.0 Å². The van der Waals surface area contributed by atoms with Gasteiger partial charge in [-0.15, -0.1) is 0 Å². The van der Waals surface area contributed by atoms with Crippen molar-refractivity contribution in [2.24, 2.45) is 10.9 Å². The van der Waals surface area contributed by atoms with Crippen molar-refractivity contribution in [3.05, 3.63) is 106 Å². The smallest absolute Gasteiger partial charge is 0.161 e. The molecule has 3 nitrogen and oxygen atoms in total. The van der Waals surface area contributed by atoms with Crippen LogP contribution in [0.1, 0.15) is 102 Å². The molecular formula is C39H48N2O. The van der Waals surface area contributed by atoms with Gasteiger partial charge < -0.3 is 4.90 Å². The molecule has 0 saturated heterocycles. The van der Waals surface area contributed by atoms with Gasteiger partial charge in [0.2, 0.25) is 0 Å². The van der Waals surface area contributed by atoms with Gasteiger partial charge in [-0.25, -0.2) is 0 Å². The highest BCUT2D eigenvalue weighted by molar-refractivity contribution is 5.97. The van der Waals surface area contributed by atoms with E-state index in [1.165, 1.54) is 59.2 Å².